The van der Waals surface area contributed by atoms with Gasteiger partial charge in [-0.1, -0.05) is 60.7 Å². The molecule has 0 fully saturated rings. The van der Waals surface area contributed by atoms with Crippen LogP contribution < -0.4 is 9.61 Å². The highest BCUT2D eigenvalue weighted by molar-refractivity contribution is 6.65. The predicted octanol–water partition coefficient (Wildman–Crippen LogP) is 2.99. The van der Waals surface area contributed by atoms with Crippen molar-refractivity contribution < 1.29 is 8.85 Å². The molecule has 3 rings (SSSR count). The van der Waals surface area contributed by atoms with E-state index in [1.54, 1.807) is 7.11 Å². The summed E-state index contributed by atoms with van der Waals surface area (Å²) in [5.41, 5.74) is 0. The fourth-order valence-electron chi connectivity index (χ4n) is 2.32. The van der Waals surface area contributed by atoms with Gasteiger partial charge in [-0.25, -0.2) is 0 Å². The Morgan fingerprint density at radius 3 is 2.25 bits per heavy atom. The van der Waals surface area contributed by atoms with Gasteiger partial charge in [0.2, 0.25) is 0 Å². The number of fused-ring (bicyclic) bond motifs is 1. The van der Waals surface area contributed by atoms with Gasteiger partial charge in [-0.05, 0) is 22.9 Å². The molecule has 2 nitrogen and oxygen atoms in total. The number of hydrogen-bond donors (Lipinski definition) is 0. The molecule has 0 aliphatic rings. The molecule has 0 saturated carbocycles. The second-order valence-electron chi connectivity index (χ2n) is 4.57. The Balaban J connectivity index is 1.99. The van der Waals surface area contributed by atoms with E-state index in [4.69, 9.17) is 8.85 Å². The average Bonchev–Trinajstić information content (AvgIpc) is 2.53. The summed E-state index contributed by atoms with van der Waals surface area (Å²) in [6.07, 6.45) is 0. The lowest BCUT2D eigenvalue weighted by Crippen LogP contribution is -2.39. The van der Waals surface area contributed by atoms with E-state index in [1.807, 2.05) is 36.4 Å². The van der Waals surface area contributed by atoms with E-state index in [0.29, 0.717) is 0 Å². The number of para-hydroxylation sites is 1. The van der Waals surface area contributed by atoms with Crippen LogP contribution in [-0.2, 0) is 4.43 Å². The van der Waals surface area contributed by atoms with E-state index in [0.717, 1.165) is 5.75 Å². The summed E-state index contributed by atoms with van der Waals surface area (Å²) >= 11 is 0. The minimum atomic E-state index is -1.95. The van der Waals surface area contributed by atoms with Crippen LogP contribution in [0.2, 0.25) is 0 Å². The number of benzene rings is 3. The molecule has 3 heteroatoms. The lowest BCUT2D eigenvalue weighted by Gasteiger charge is -2.17. The van der Waals surface area contributed by atoms with E-state index in [1.165, 1.54) is 16.0 Å². The van der Waals surface area contributed by atoms with E-state index in [-0.39, 0.29) is 0 Å². The first kappa shape index (κ1) is 12.9. The van der Waals surface area contributed by atoms with Crippen LogP contribution in [0, 0.1) is 0 Å². The SMILES string of the molecule is CO[SiH](Oc1ccccc1)c1cccc2ccccc12. The monoisotopic (exact) mass is 280 g/mol. The van der Waals surface area contributed by atoms with E-state index in [2.05, 4.69) is 36.4 Å². The van der Waals surface area contributed by atoms with Crippen LogP contribution in [0.25, 0.3) is 10.8 Å². The molecule has 0 heterocycles. The fraction of sp³-hybridized carbons (Fsp3) is 0.0588. The van der Waals surface area contributed by atoms with Crippen molar-refractivity contribution in [3.8, 4) is 5.75 Å². The van der Waals surface area contributed by atoms with Crippen LogP contribution in [0.3, 0.4) is 0 Å². The first-order valence-corrected chi connectivity index (χ1v) is 8.12. The Labute approximate surface area is 120 Å². The molecule has 0 N–H and O–H groups in total. The molecule has 20 heavy (non-hydrogen) atoms. The van der Waals surface area contributed by atoms with Crippen molar-refractivity contribution >= 4 is 25.2 Å². The first-order valence-electron chi connectivity index (χ1n) is 6.60. The molecular formula is C17H16O2Si. The molecule has 0 spiro atoms. The minimum Gasteiger partial charge on any atom is -0.519 e. The quantitative estimate of drug-likeness (QED) is 0.684. The normalized spacial score (nSPS) is 12.2. The zero-order valence-corrected chi connectivity index (χ0v) is 12.5. The van der Waals surface area contributed by atoms with Gasteiger partial charge in [-0.2, -0.15) is 0 Å². The third kappa shape index (κ3) is 2.59. The summed E-state index contributed by atoms with van der Waals surface area (Å²) in [4.78, 5) is 0. The van der Waals surface area contributed by atoms with Gasteiger partial charge in [0.25, 0.3) is 0 Å². The van der Waals surface area contributed by atoms with Gasteiger partial charge in [0.1, 0.15) is 5.75 Å². The van der Waals surface area contributed by atoms with Crippen molar-refractivity contribution in [2.24, 2.45) is 0 Å². The van der Waals surface area contributed by atoms with Crippen LogP contribution in [0.5, 0.6) is 5.75 Å². The Hall–Kier alpha value is -2.10. The zero-order valence-electron chi connectivity index (χ0n) is 11.3. The lowest BCUT2D eigenvalue weighted by molar-refractivity contribution is 0.349. The van der Waals surface area contributed by atoms with Crippen LogP contribution >= 0.6 is 0 Å². The molecule has 0 amide bonds. The Kier molecular flexibility index (Phi) is 3.81. The first-order chi connectivity index (χ1) is 9.88. The van der Waals surface area contributed by atoms with Crippen molar-refractivity contribution in [3.63, 3.8) is 0 Å². The van der Waals surface area contributed by atoms with Crippen molar-refractivity contribution in [1.29, 1.82) is 0 Å². The topological polar surface area (TPSA) is 18.5 Å². The summed E-state index contributed by atoms with van der Waals surface area (Å²) in [5, 5.41) is 3.61. The molecule has 100 valence electrons. The van der Waals surface area contributed by atoms with Crippen molar-refractivity contribution in [2.75, 3.05) is 7.11 Å². The van der Waals surface area contributed by atoms with Crippen molar-refractivity contribution in [3.05, 3.63) is 72.8 Å². The summed E-state index contributed by atoms with van der Waals surface area (Å²) in [5.74, 6) is 0.860. The molecule has 1 atom stereocenters. The van der Waals surface area contributed by atoms with Crippen molar-refractivity contribution in [1.82, 2.24) is 0 Å². The van der Waals surface area contributed by atoms with Crippen LogP contribution in [0.4, 0.5) is 0 Å². The second-order valence-corrected chi connectivity index (χ2v) is 6.56. The number of rotatable bonds is 4. The molecule has 3 aromatic rings. The molecule has 0 aliphatic carbocycles. The van der Waals surface area contributed by atoms with Crippen LogP contribution in [0.15, 0.2) is 72.8 Å². The largest absolute Gasteiger partial charge is 0.519 e. The van der Waals surface area contributed by atoms with Gasteiger partial charge in [-0.3, -0.25) is 0 Å². The summed E-state index contributed by atoms with van der Waals surface area (Å²) in [6, 6.07) is 24.5. The standard InChI is InChI=1S/C17H16O2Si/c1-18-20(19-15-10-3-2-4-11-15)17-13-7-9-14-8-5-6-12-16(14)17/h2-13,20H,1H3. The maximum Gasteiger partial charge on any atom is 0.417 e. The second kappa shape index (κ2) is 5.90. The van der Waals surface area contributed by atoms with Gasteiger partial charge < -0.3 is 8.85 Å². The molecule has 0 aliphatic heterocycles. The van der Waals surface area contributed by atoms with Gasteiger partial charge in [0.15, 0.2) is 0 Å². The third-order valence-corrected chi connectivity index (χ3v) is 5.20. The predicted molar refractivity (Wildman–Crippen MR) is 84.8 cm³/mol. The highest BCUT2D eigenvalue weighted by Crippen LogP contribution is 2.14. The molecular weight excluding hydrogens is 264 g/mol. The summed E-state index contributed by atoms with van der Waals surface area (Å²) in [6.45, 7) is 0. The van der Waals surface area contributed by atoms with Gasteiger partial charge >= 0.3 is 9.28 Å². The Morgan fingerprint density at radius 1 is 0.750 bits per heavy atom. The van der Waals surface area contributed by atoms with Crippen LogP contribution in [-0.4, -0.2) is 16.4 Å². The summed E-state index contributed by atoms with van der Waals surface area (Å²) < 4.78 is 11.7. The molecule has 0 bridgehead atoms. The molecule has 0 radical (unpaired) electrons. The molecule has 1 unspecified atom stereocenters. The van der Waals surface area contributed by atoms with Crippen LogP contribution in [0.1, 0.15) is 0 Å². The van der Waals surface area contributed by atoms with Gasteiger partial charge in [0.05, 0.1) is 0 Å². The molecule has 0 aromatic heterocycles. The molecule has 3 aromatic carbocycles. The minimum absolute atomic E-state index is 0.860. The van der Waals surface area contributed by atoms with Crippen molar-refractivity contribution in [2.45, 2.75) is 0 Å². The highest BCUT2D eigenvalue weighted by Gasteiger charge is 2.19. The maximum atomic E-state index is 6.07. The maximum absolute atomic E-state index is 6.07. The van der Waals surface area contributed by atoms with E-state index in [9.17, 15) is 0 Å². The van der Waals surface area contributed by atoms with Gasteiger partial charge in [-0.15, -0.1) is 0 Å². The smallest absolute Gasteiger partial charge is 0.417 e. The Bertz CT molecular complexity index is 692. The highest BCUT2D eigenvalue weighted by atomic mass is 28.3. The molecule has 0 saturated heterocycles. The van der Waals surface area contributed by atoms with E-state index >= 15 is 0 Å². The third-order valence-electron chi connectivity index (χ3n) is 3.28. The zero-order chi connectivity index (χ0) is 13.8. The Morgan fingerprint density at radius 2 is 1.45 bits per heavy atom. The fourth-order valence-corrected chi connectivity index (χ4v) is 3.98. The lowest BCUT2D eigenvalue weighted by atomic mass is 10.1. The average molecular weight is 280 g/mol. The van der Waals surface area contributed by atoms with E-state index < -0.39 is 9.28 Å². The summed E-state index contributed by atoms with van der Waals surface area (Å²) in [7, 11) is -0.224. The number of hydrogen-bond acceptors (Lipinski definition) is 2. The van der Waals surface area contributed by atoms with Gasteiger partial charge in [0, 0.05) is 12.3 Å².